The van der Waals surface area contributed by atoms with Gasteiger partial charge in [-0.25, -0.2) is 4.79 Å². The fourth-order valence-corrected chi connectivity index (χ4v) is 2.42. The van der Waals surface area contributed by atoms with Crippen LogP contribution in [0.1, 0.15) is 56.0 Å². The molecule has 0 radical (unpaired) electrons. The zero-order valence-corrected chi connectivity index (χ0v) is 12.2. The van der Waals surface area contributed by atoms with Gasteiger partial charge in [0.25, 0.3) is 0 Å². The molecule has 2 atom stereocenters. The number of hydrogen-bond donors (Lipinski definition) is 1. The lowest BCUT2D eigenvalue weighted by molar-refractivity contribution is 0.00695. The summed E-state index contributed by atoms with van der Waals surface area (Å²) < 4.78 is 5.35. The summed E-state index contributed by atoms with van der Waals surface area (Å²) in [4.78, 5) is 11.9. The van der Waals surface area contributed by atoms with Crippen molar-refractivity contribution in [2.75, 3.05) is 6.54 Å². The molecule has 3 heteroatoms. The Labute approximate surface area is 115 Å². The summed E-state index contributed by atoms with van der Waals surface area (Å²) in [5.74, 6) is 0.305. The Bertz CT molecular complexity index is 445. The Morgan fingerprint density at radius 3 is 2.37 bits per heavy atom. The molecule has 0 bridgehead atoms. The van der Waals surface area contributed by atoms with Gasteiger partial charge in [0, 0.05) is 12.6 Å². The molecule has 0 aliphatic carbocycles. The molecule has 1 fully saturated rings. The third-order valence-corrected chi connectivity index (χ3v) is 3.37. The number of hydrogen-bond acceptors (Lipinski definition) is 3. The summed E-state index contributed by atoms with van der Waals surface area (Å²) in [6.45, 7) is 8.86. The predicted octanol–water partition coefficient (Wildman–Crippen LogP) is 3.11. The van der Waals surface area contributed by atoms with Gasteiger partial charge in [-0.2, -0.15) is 0 Å². The molecular weight excluding hydrogens is 238 g/mol. The van der Waals surface area contributed by atoms with E-state index in [-0.39, 0.29) is 5.97 Å². The van der Waals surface area contributed by atoms with Gasteiger partial charge >= 0.3 is 5.97 Å². The molecular formula is C16H23NO2. The van der Waals surface area contributed by atoms with Crippen LogP contribution in [0.3, 0.4) is 0 Å². The largest absolute Gasteiger partial charge is 0.456 e. The van der Waals surface area contributed by atoms with Crippen LogP contribution < -0.4 is 5.32 Å². The number of nitrogens with one attached hydrogen (secondary N) is 1. The Hall–Kier alpha value is -1.35. The first-order valence-corrected chi connectivity index (χ1v) is 6.92. The quantitative estimate of drug-likeness (QED) is 0.831. The maximum atomic E-state index is 11.9. The number of esters is 1. The van der Waals surface area contributed by atoms with E-state index in [4.69, 9.17) is 4.74 Å². The van der Waals surface area contributed by atoms with Crippen molar-refractivity contribution in [3.05, 3.63) is 35.4 Å². The predicted molar refractivity (Wildman–Crippen MR) is 76.4 cm³/mol. The van der Waals surface area contributed by atoms with E-state index in [1.807, 2.05) is 45.0 Å². The van der Waals surface area contributed by atoms with E-state index >= 15 is 0 Å². The van der Waals surface area contributed by atoms with Crippen LogP contribution in [0.15, 0.2) is 24.3 Å². The molecule has 19 heavy (non-hydrogen) atoms. The highest BCUT2D eigenvalue weighted by Gasteiger charge is 2.23. The first kappa shape index (κ1) is 14.1. The molecule has 1 aliphatic rings. The minimum absolute atomic E-state index is 0.253. The third kappa shape index (κ3) is 3.80. The summed E-state index contributed by atoms with van der Waals surface area (Å²) in [5.41, 5.74) is 1.47. The van der Waals surface area contributed by atoms with Gasteiger partial charge in [-0.15, -0.1) is 0 Å². The zero-order chi connectivity index (χ0) is 14.0. The van der Waals surface area contributed by atoms with E-state index in [1.165, 1.54) is 5.56 Å². The fourth-order valence-electron chi connectivity index (χ4n) is 2.42. The smallest absolute Gasteiger partial charge is 0.338 e. The van der Waals surface area contributed by atoms with E-state index in [2.05, 4.69) is 12.2 Å². The van der Waals surface area contributed by atoms with Crippen molar-refractivity contribution < 1.29 is 9.53 Å². The highest BCUT2D eigenvalue weighted by atomic mass is 16.6. The lowest BCUT2D eigenvalue weighted by Crippen LogP contribution is -2.23. The molecule has 104 valence electrons. The Morgan fingerprint density at radius 1 is 1.26 bits per heavy atom. The number of ether oxygens (including phenoxy) is 1. The van der Waals surface area contributed by atoms with Gasteiger partial charge in [0.05, 0.1) is 5.56 Å². The van der Waals surface area contributed by atoms with Crippen molar-refractivity contribution in [3.8, 4) is 0 Å². The molecule has 2 rings (SSSR count). The monoisotopic (exact) mass is 261 g/mol. The van der Waals surface area contributed by atoms with E-state index in [0.29, 0.717) is 17.5 Å². The Balaban J connectivity index is 2.04. The van der Waals surface area contributed by atoms with Crippen LogP contribution in [-0.2, 0) is 4.74 Å². The molecule has 1 N–H and O–H groups in total. The second kappa shape index (κ2) is 5.33. The Morgan fingerprint density at radius 2 is 1.89 bits per heavy atom. The summed E-state index contributed by atoms with van der Waals surface area (Å²) in [5, 5.41) is 3.44. The van der Waals surface area contributed by atoms with E-state index in [0.717, 1.165) is 13.0 Å². The molecule has 1 heterocycles. The Kier molecular flexibility index (Phi) is 3.95. The van der Waals surface area contributed by atoms with Crippen LogP contribution in [0, 0.1) is 0 Å². The molecule has 3 nitrogen and oxygen atoms in total. The van der Waals surface area contributed by atoms with Crippen molar-refractivity contribution in [2.24, 2.45) is 0 Å². The van der Waals surface area contributed by atoms with Crippen LogP contribution in [-0.4, -0.2) is 24.2 Å². The normalized spacial score (nSPS) is 23.4. The average molecular weight is 261 g/mol. The lowest BCUT2D eigenvalue weighted by Gasteiger charge is -2.19. The standard InChI is InChI=1S/C16H23NO2/c1-11-9-14(10-17-11)12-5-7-13(8-6-12)15(18)19-16(2,3)4/h5-8,11,14,17H,9-10H2,1-4H3/t11-,14-/m0/s1. The average Bonchev–Trinajstić information content (AvgIpc) is 2.74. The summed E-state index contributed by atoms with van der Waals surface area (Å²) in [7, 11) is 0. The van der Waals surface area contributed by atoms with E-state index < -0.39 is 5.60 Å². The highest BCUT2D eigenvalue weighted by Crippen LogP contribution is 2.26. The van der Waals surface area contributed by atoms with Gasteiger partial charge in [-0.3, -0.25) is 0 Å². The number of rotatable bonds is 2. The van der Waals surface area contributed by atoms with E-state index in [1.54, 1.807) is 0 Å². The van der Waals surface area contributed by atoms with Crippen molar-refractivity contribution in [1.82, 2.24) is 5.32 Å². The zero-order valence-electron chi connectivity index (χ0n) is 12.2. The summed E-state index contributed by atoms with van der Waals surface area (Å²) in [6.07, 6.45) is 1.16. The molecule has 0 spiro atoms. The third-order valence-electron chi connectivity index (χ3n) is 3.37. The van der Waals surface area contributed by atoms with Crippen molar-refractivity contribution >= 4 is 5.97 Å². The van der Waals surface area contributed by atoms with Crippen LogP contribution in [0.2, 0.25) is 0 Å². The molecule has 0 amide bonds. The minimum atomic E-state index is -0.444. The molecule has 1 aromatic rings. The minimum Gasteiger partial charge on any atom is -0.456 e. The summed E-state index contributed by atoms with van der Waals surface area (Å²) >= 11 is 0. The topological polar surface area (TPSA) is 38.3 Å². The number of carbonyl (C=O) groups excluding carboxylic acids is 1. The molecule has 1 aromatic carbocycles. The SMILES string of the molecule is C[C@H]1C[C@H](c2ccc(C(=O)OC(C)(C)C)cc2)CN1. The first-order valence-electron chi connectivity index (χ1n) is 6.92. The first-order chi connectivity index (χ1) is 8.85. The molecule has 0 saturated carbocycles. The van der Waals surface area contributed by atoms with Gasteiger partial charge in [-0.1, -0.05) is 12.1 Å². The van der Waals surface area contributed by atoms with Crippen molar-refractivity contribution in [2.45, 2.75) is 51.7 Å². The second-order valence-electron chi connectivity index (χ2n) is 6.37. The molecule has 0 unspecified atom stereocenters. The van der Waals surface area contributed by atoms with Crippen molar-refractivity contribution in [1.29, 1.82) is 0 Å². The highest BCUT2D eigenvalue weighted by molar-refractivity contribution is 5.89. The van der Waals surface area contributed by atoms with Crippen molar-refractivity contribution in [3.63, 3.8) is 0 Å². The summed E-state index contributed by atoms with van der Waals surface area (Å²) in [6, 6.07) is 8.40. The molecule has 0 aromatic heterocycles. The molecule has 1 aliphatic heterocycles. The second-order valence-corrected chi connectivity index (χ2v) is 6.37. The van der Waals surface area contributed by atoms with Crippen LogP contribution in [0.5, 0.6) is 0 Å². The van der Waals surface area contributed by atoms with Gasteiger partial charge in [0.15, 0.2) is 0 Å². The van der Waals surface area contributed by atoms with Crippen LogP contribution in [0.4, 0.5) is 0 Å². The van der Waals surface area contributed by atoms with Gasteiger partial charge in [0.1, 0.15) is 5.60 Å². The lowest BCUT2D eigenvalue weighted by atomic mass is 9.96. The molecule has 1 saturated heterocycles. The van der Waals surface area contributed by atoms with Gasteiger partial charge in [0.2, 0.25) is 0 Å². The van der Waals surface area contributed by atoms with Crippen LogP contribution in [0.25, 0.3) is 0 Å². The van der Waals surface area contributed by atoms with Gasteiger partial charge in [-0.05, 0) is 57.7 Å². The van der Waals surface area contributed by atoms with E-state index in [9.17, 15) is 4.79 Å². The van der Waals surface area contributed by atoms with Gasteiger partial charge < -0.3 is 10.1 Å². The maximum Gasteiger partial charge on any atom is 0.338 e. The number of benzene rings is 1. The number of carbonyl (C=O) groups is 1. The maximum absolute atomic E-state index is 11.9. The fraction of sp³-hybridized carbons (Fsp3) is 0.562. The van der Waals surface area contributed by atoms with Crippen LogP contribution >= 0.6 is 0 Å².